The second kappa shape index (κ2) is 30.1. The van der Waals surface area contributed by atoms with Crippen LogP contribution in [0, 0.1) is 11.8 Å². The van der Waals surface area contributed by atoms with Crippen LogP contribution in [0.15, 0.2) is 59.6 Å². The predicted octanol–water partition coefficient (Wildman–Crippen LogP) is -2.16. The molecule has 7 atom stereocenters. The van der Waals surface area contributed by atoms with Crippen LogP contribution in [0.4, 0.5) is 0 Å². The highest BCUT2D eigenvalue weighted by molar-refractivity contribution is 8.76. The number of nitrogens with one attached hydrogen (secondary N) is 5. The molecule has 0 saturated carbocycles. The van der Waals surface area contributed by atoms with E-state index in [-0.39, 0.29) is 93.5 Å². The SMILES string of the molecule is NC(=O)CC[C@@H]1NC(=O)[C@H](Cc2ccccc2)NC(=O)[C@H](Cc2ccc(O)cc2)CC(=O)CCSSC[C@@H](C(=O)N2CCCC2C(=O)N[C@@H](CCCN=C(N)N)C(=O)NCC(N)=O)CC(=O)[C@H](CC(N)=O)NC1=O. The maximum atomic E-state index is 14.6. The number of aromatic hydroxyl groups is 1. The van der Waals surface area contributed by atoms with Gasteiger partial charge in [0.1, 0.15) is 35.7 Å². The summed E-state index contributed by atoms with van der Waals surface area (Å²) in [5, 5.41) is 22.7. The number of hydrogen-bond acceptors (Lipinski definition) is 15. The average Bonchev–Trinajstić information content (AvgIpc) is 3.85. The van der Waals surface area contributed by atoms with Crippen molar-refractivity contribution in [2.75, 3.05) is 31.1 Å². The van der Waals surface area contributed by atoms with E-state index in [0.717, 1.165) is 10.8 Å². The number of amides is 9. The zero-order valence-electron chi connectivity index (χ0n) is 40.8. The Bertz CT molecular complexity index is 2370. The molecule has 2 aromatic carbocycles. The molecule has 26 heteroatoms. The Kier molecular flexibility index (Phi) is 24.1. The molecule has 0 spiro atoms. The molecule has 0 aromatic heterocycles. The van der Waals surface area contributed by atoms with Crippen LogP contribution >= 0.6 is 21.6 Å². The second-order valence-corrected chi connectivity index (χ2v) is 20.6. The van der Waals surface area contributed by atoms with E-state index in [9.17, 15) is 57.8 Å². The van der Waals surface area contributed by atoms with Crippen LogP contribution < -0.4 is 55.3 Å². The molecule has 0 aliphatic carbocycles. The molecule has 402 valence electrons. The Morgan fingerprint density at radius 1 is 0.770 bits per heavy atom. The number of nitrogens with two attached hydrogens (primary N) is 5. The summed E-state index contributed by atoms with van der Waals surface area (Å²) in [5.41, 5.74) is 28.3. The first-order valence-corrected chi connectivity index (χ1v) is 26.5. The van der Waals surface area contributed by atoms with Crippen molar-refractivity contribution >= 4 is 92.3 Å². The standard InChI is InChI=1S/C48H66N12O12S2/c49-39(64)15-14-34-44(69)58-35(24-40(50)65)38(63)23-30(47(72)60-18-5-9-37(60)46(71)57-33(8-4-17-54-48(52)53)43(68)55-25-41(51)66)26-74-73-19-16-32(62)22-29(20-28-10-12-31(61)13-11-28)42(67)59-36(45(70)56-34)21-27-6-2-1-3-7-27/h1-3,6-7,10-13,29-30,33-37,61H,4-5,8-9,14-26H2,(H2,49,64)(H2,50,65)(H2,51,66)(H,55,68)(H,56,70)(H,57,71)(H,58,69)(H,59,67)(H4,52,53,54)/t29-,30+,33+,34+,35+,36+,37?/m1/s1. The molecule has 74 heavy (non-hydrogen) atoms. The minimum absolute atomic E-state index is 0.0169. The smallest absolute Gasteiger partial charge is 0.243 e. The molecule has 1 unspecified atom stereocenters. The molecule has 2 fully saturated rings. The number of rotatable bonds is 19. The number of benzene rings is 2. The number of phenols is 1. The number of carbonyl (C=O) groups excluding carboxylic acids is 11. The number of Topliss-reactive ketones (excluding diaryl/α,β-unsaturated/α-hetero) is 2. The molecule has 4 rings (SSSR count). The van der Waals surface area contributed by atoms with Gasteiger partial charge in [0.15, 0.2) is 11.7 Å². The van der Waals surface area contributed by atoms with Gasteiger partial charge in [0.25, 0.3) is 0 Å². The summed E-state index contributed by atoms with van der Waals surface area (Å²) in [5.74, 6) is -10.7. The molecule has 2 aliphatic rings. The monoisotopic (exact) mass is 1070 g/mol. The lowest BCUT2D eigenvalue weighted by Crippen LogP contribution is -2.57. The Hall–Kier alpha value is -7.22. The van der Waals surface area contributed by atoms with Gasteiger partial charge >= 0.3 is 0 Å². The first-order chi connectivity index (χ1) is 35.2. The Morgan fingerprint density at radius 2 is 1.43 bits per heavy atom. The second-order valence-electron chi connectivity index (χ2n) is 18.0. The molecule has 2 aliphatic heterocycles. The Labute approximate surface area is 435 Å². The predicted molar refractivity (Wildman–Crippen MR) is 275 cm³/mol. The van der Waals surface area contributed by atoms with Crippen LogP contribution in [0.25, 0.3) is 0 Å². The lowest BCUT2D eigenvalue weighted by Gasteiger charge is -2.30. The van der Waals surface area contributed by atoms with Crippen molar-refractivity contribution < 1.29 is 57.8 Å². The van der Waals surface area contributed by atoms with E-state index in [4.69, 9.17) is 28.7 Å². The third-order valence-corrected chi connectivity index (χ3v) is 14.6. The largest absolute Gasteiger partial charge is 0.508 e. The zero-order chi connectivity index (χ0) is 54.3. The van der Waals surface area contributed by atoms with Crippen molar-refractivity contribution in [1.82, 2.24) is 31.5 Å². The maximum absolute atomic E-state index is 14.6. The quantitative estimate of drug-likeness (QED) is 0.0309. The van der Waals surface area contributed by atoms with Crippen molar-refractivity contribution in [3.63, 3.8) is 0 Å². The zero-order valence-corrected chi connectivity index (χ0v) is 42.4. The number of nitrogens with zero attached hydrogens (tertiary/aromatic N) is 2. The number of likely N-dealkylation sites (tertiary alicyclic amines) is 1. The number of primary amides is 3. The first kappa shape index (κ1) is 59.3. The van der Waals surface area contributed by atoms with E-state index in [1.54, 1.807) is 42.5 Å². The molecule has 16 N–H and O–H groups in total. The fraction of sp³-hybridized carbons (Fsp3) is 0.500. The lowest BCUT2D eigenvalue weighted by atomic mass is 9.92. The van der Waals surface area contributed by atoms with Gasteiger partial charge in [0.05, 0.1) is 24.9 Å². The summed E-state index contributed by atoms with van der Waals surface area (Å²) in [6, 6.07) is 7.78. The van der Waals surface area contributed by atoms with E-state index < -0.39 is 127 Å². The summed E-state index contributed by atoms with van der Waals surface area (Å²) in [4.78, 5) is 154. The summed E-state index contributed by atoms with van der Waals surface area (Å²) in [6.07, 6.45) is -1.65. The average molecular weight is 1070 g/mol. The van der Waals surface area contributed by atoms with Gasteiger partial charge in [-0.1, -0.05) is 64.1 Å². The van der Waals surface area contributed by atoms with Crippen molar-refractivity contribution in [1.29, 1.82) is 0 Å². The molecule has 2 aromatic rings. The van der Waals surface area contributed by atoms with Gasteiger partial charge in [-0.2, -0.15) is 0 Å². The Morgan fingerprint density at radius 3 is 2.09 bits per heavy atom. The van der Waals surface area contributed by atoms with Gasteiger partial charge < -0.3 is 65.3 Å². The number of hydrogen-bond donors (Lipinski definition) is 11. The van der Waals surface area contributed by atoms with Crippen LogP contribution in [0.3, 0.4) is 0 Å². The summed E-state index contributed by atoms with van der Waals surface area (Å²) < 4.78 is 0. The Balaban J connectivity index is 1.68. The fourth-order valence-electron chi connectivity index (χ4n) is 8.27. The van der Waals surface area contributed by atoms with Gasteiger partial charge in [0, 0.05) is 62.6 Å². The third-order valence-electron chi connectivity index (χ3n) is 12.1. The molecule has 2 heterocycles. The van der Waals surface area contributed by atoms with Crippen LogP contribution in [0.1, 0.15) is 75.3 Å². The molecular formula is C48H66N12O12S2. The molecule has 9 amide bonds. The lowest BCUT2D eigenvalue weighted by molar-refractivity contribution is -0.143. The molecule has 0 radical (unpaired) electrons. The molecule has 0 bridgehead atoms. The van der Waals surface area contributed by atoms with Gasteiger partial charge in [-0.3, -0.25) is 57.7 Å². The number of guanidine groups is 1. The van der Waals surface area contributed by atoms with Crippen LogP contribution in [0.5, 0.6) is 5.75 Å². The summed E-state index contributed by atoms with van der Waals surface area (Å²) in [7, 11) is 2.36. The van der Waals surface area contributed by atoms with E-state index in [1.807, 2.05) is 0 Å². The van der Waals surface area contributed by atoms with Crippen molar-refractivity contribution in [2.45, 2.75) is 107 Å². The minimum Gasteiger partial charge on any atom is -0.508 e. The highest BCUT2D eigenvalue weighted by atomic mass is 33.1. The van der Waals surface area contributed by atoms with E-state index in [1.165, 1.54) is 27.8 Å². The van der Waals surface area contributed by atoms with E-state index >= 15 is 0 Å². The third kappa shape index (κ3) is 20.4. The maximum Gasteiger partial charge on any atom is 0.243 e. The number of ketones is 2. The summed E-state index contributed by atoms with van der Waals surface area (Å²) in [6.45, 7) is -0.330. The van der Waals surface area contributed by atoms with Gasteiger partial charge in [0.2, 0.25) is 53.2 Å². The van der Waals surface area contributed by atoms with E-state index in [0.29, 0.717) is 17.5 Å². The topological polar surface area (TPSA) is 414 Å². The van der Waals surface area contributed by atoms with Crippen LogP contribution in [-0.2, 0) is 65.6 Å². The number of aliphatic imine (C=N–C) groups is 1. The first-order valence-electron chi connectivity index (χ1n) is 24.0. The molecule has 24 nitrogen and oxygen atoms in total. The van der Waals surface area contributed by atoms with E-state index in [2.05, 4.69) is 31.6 Å². The van der Waals surface area contributed by atoms with Crippen LogP contribution in [0.2, 0.25) is 0 Å². The number of phenolic OH excluding ortho intramolecular Hbond substituents is 1. The highest BCUT2D eigenvalue weighted by Crippen LogP contribution is 2.30. The van der Waals surface area contributed by atoms with Gasteiger partial charge in [-0.25, -0.2) is 0 Å². The van der Waals surface area contributed by atoms with Crippen LogP contribution in [-0.4, -0.2) is 142 Å². The number of carbonyl (C=O) groups is 11. The summed E-state index contributed by atoms with van der Waals surface area (Å²) >= 11 is 0. The normalized spacial score (nSPS) is 21.9. The highest BCUT2D eigenvalue weighted by Gasteiger charge is 2.40. The van der Waals surface area contributed by atoms with Crippen molar-refractivity contribution in [3.05, 3.63) is 65.7 Å². The molecule has 2 saturated heterocycles. The fourth-order valence-corrected chi connectivity index (χ4v) is 10.6. The van der Waals surface area contributed by atoms with Gasteiger partial charge in [-0.05, 0) is 61.8 Å². The molecular weight excluding hydrogens is 1000 g/mol. The van der Waals surface area contributed by atoms with Gasteiger partial charge in [-0.15, -0.1) is 0 Å². The van der Waals surface area contributed by atoms with Crippen molar-refractivity contribution in [3.8, 4) is 5.75 Å². The minimum atomic E-state index is -1.65. The van der Waals surface area contributed by atoms with Crippen molar-refractivity contribution in [2.24, 2.45) is 45.5 Å².